The van der Waals surface area contributed by atoms with Gasteiger partial charge in [0.1, 0.15) is 6.04 Å². The van der Waals surface area contributed by atoms with Gasteiger partial charge in [-0.15, -0.1) is 0 Å². The molecule has 0 radical (unpaired) electrons. The van der Waals surface area contributed by atoms with Gasteiger partial charge in [0, 0.05) is 24.7 Å². The molecule has 2 unspecified atom stereocenters. The van der Waals surface area contributed by atoms with Crippen molar-refractivity contribution in [1.29, 1.82) is 0 Å². The number of carbonyl (C=O) groups is 1. The number of carbonyl (C=O) groups excluding carboxylic acids is 1. The second kappa shape index (κ2) is 12.1. The van der Waals surface area contributed by atoms with Crippen LogP contribution < -0.4 is 10.0 Å². The molecule has 1 aromatic rings. The van der Waals surface area contributed by atoms with Crippen LogP contribution in [0.25, 0.3) is 0 Å². The minimum Gasteiger partial charge on any atom is -0.379 e. The molecule has 2 N–H and O–H groups in total. The molecule has 29 heavy (non-hydrogen) atoms. The number of sulfonamides is 1. The Kier molecular flexibility index (Phi) is 10.2. The SMILES string of the molecule is CCS(=O)(=O)NC(CCSC)C(=O)NCC(c1ccccc1Cl)N1CCOCC1. The highest BCUT2D eigenvalue weighted by Crippen LogP contribution is 2.27. The third-order valence-electron chi connectivity index (χ3n) is 4.85. The van der Waals surface area contributed by atoms with Crippen LogP contribution >= 0.6 is 23.4 Å². The smallest absolute Gasteiger partial charge is 0.238 e. The minimum absolute atomic E-state index is 0.0634. The van der Waals surface area contributed by atoms with Crippen LogP contribution in [-0.2, 0) is 19.6 Å². The van der Waals surface area contributed by atoms with Gasteiger partial charge in [-0.1, -0.05) is 29.8 Å². The molecule has 1 aliphatic heterocycles. The number of ether oxygens (including phenoxy) is 1. The first-order valence-corrected chi connectivity index (χ1v) is 13.1. The number of halogens is 1. The van der Waals surface area contributed by atoms with Crippen LogP contribution in [0.5, 0.6) is 0 Å². The van der Waals surface area contributed by atoms with Gasteiger partial charge in [-0.25, -0.2) is 13.1 Å². The third kappa shape index (κ3) is 7.73. The molecule has 0 aliphatic carbocycles. The second-order valence-electron chi connectivity index (χ2n) is 6.79. The Morgan fingerprint density at radius 3 is 2.62 bits per heavy atom. The number of morpholine rings is 1. The standard InChI is InChI=1S/C19H30ClN3O4S2/c1-3-29(25,26)22-17(8-13-28-2)19(24)21-14-18(23-9-11-27-12-10-23)15-6-4-5-7-16(15)20/h4-7,17-18,22H,3,8-14H2,1-2H3,(H,21,24). The summed E-state index contributed by atoms with van der Waals surface area (Å²) < 4.78 is 32.0. The van der Waals surface area contributed by atoms with Crippen molar-refractivity contribution < 1.29 is 17.9 Å². The van der Waals surface area contributed by atoms with Gasteiger partial charge in [0.15, 0.2) is 0 Å². The fourth-order valence-electron chi connectivity index (χ4n) is 3.17. The van der Waals surface area contributed by atoms with E-state index in [9.17, 15) is 13.2 Å². The van der Waals surface area contributed by atoms with Crippen molar-refractivity contribution in [2.45, 2.75) is 25.4 Å². The van der Waals surface area contributed by atoms with Crippen molar-refractivity contribution in [1.82, 2.24) is 14.9 Å². The quantitative estimate of drug-likeness (QED) is 0.521. The van der Waals surface area contributed by atoms with Gasteiger partial charge in [0.2, 0.25) is 15.9 Å². The van der Waals surface area contributed by atoms with Gasteiger partial charge < -0.3 is 10.1 Å². The molecule has 1 saturated heterocycles. The van der Waals surface area contributed by atoms with Crippen LogP contribution in [-0.4, -0.2) is 75.9 Å². The van der Waals surface area contributed by atoms with Crippen molar-refractivity contribution in [2.24, 2.45) is 0 Å². The van der Waals surface area contributed by atoms with E-state index in [1.807, 2.05) is 30.5 Å². The highest BCUT2D eigenvalue weighted by Gasteiger charge is 2.27. The van der Waals surface area contributed by atoms with E-state index in [2.05, 4.69) is 14.9 Å². The zero-order valence-electron chi connectivity index (χ0n) is 16.9. The molecule has 10 heteroatoms. The Balaban J connectivity index is 2.12. The summed E-state index contributed by atoms with van der Waals surface area (Å²) in [5.74, 6) is 0.301. The topological polar surface area (TPSA) is 87.7 Å². The summed E-state index contributed by atoms with van der Waals surface area (Å²) in [7, 11) is -3.48. The first-order chi connectivity index (χ1) is 13.9. The molecule has 1 aliphatic rings. The first-order valence-electron chi connectivity index (χ1n) is 9.70. The van der Waals surface area contributed by atoms with E-state index in [0.717, 1.165) is 18.7 Å². The lowest BCUT2D eigenvalue weighted by molar-refractivity contribution is -0.123. The van der Waals surface area contributed by atoms with Crippen molar-refractivity contribution in [3.05, 3.63) is 34.9 Å². The van der Waals surface area contributed by atoms with Gasteiger partial charge in [-0.05, 0) is 37.0 Å². The van der Waals surface area contributed by atoms with Gasteiger partial charge >= 0.3 is 0 Å². The maximum absolute atomic E-state index is 12.8. The molecule has 0 aromatic heterocycles. The number of benzene rings is 1. The molecule has 1 heterocycles. The lowest BCUT2D eigenvalue weighted by atomic mass is 10.0. The summed E-state index contributed by atoms with van der Waals surface area (Å²) >= 11 is 8.00. The molecular weight excluding hydrogens is 434 g/mol. The minimum atomic E-state index is -3.48. The van der Waals surface area contributed by atoms with Crippen molar-refractivity contribution >= 4 is 39.3 Å². The van der Waals surface area contributed by atoms with Crippen molar-refractivity contribution in [3.63, 3.8) is 0 Å². The largest absolute Gasteiger partial charge is 0.379 e. The average molecular weight is 464 g/mol. The Morgan fingerprint density at radius 2 is 2.00 bits per heavy atom. The van der Waals surface area contributed by atoms with E-state index in [0.29, 0.717) is 37.0 Å². The number of hydrogen-bond donors (Lipinski definition) is 2. The molecule has 7 nitrogen and oxygen atoms in total. The lowest BCUT2D eigenvalue weighted by Gasteiger charge is -2.35. The fourth-order valence-corrected chi connectivity index (χ4v) is 4.73. The molecule has 1 amide bonds. The van der Waals surface area contributed by atoms with E-state index < -0.39 is 16.1 Å². The number of amides is 1. The molecule has 0 spiro atoms. The summed E-state index contributed by atoms with van der Waals surface area (Å²) in [5.41, 5.74) is 0.936. The maximum atomic E-state index is 12.8. The van der Waals surface area contributed by atoms with Crippen molar-refractivity contribution in [2.75, 3.05) is 50.6 Å². The molecular formula is C19H30ClN3O4S2. The van der Waals surface area contributed by atoms with Crippen LogP contribution in [0.1, 0.15) is 24.9 Å². The average Bonchev–Trinajstić information content (AvgIpc) is 2.73. The third-order valence-corrected chi connectivity index (χ3v) is 7.24. The highest BCUT2D eigenvalue weighted by atomic mass is 35.5. The van der Waals surface area contributed by atoms with E-state index in [1.54, 1.807) is 18.7 Å². The monoisotopic (exact) mass is 463 g/mol. The van der Waals surface area contributed by atoms with Gasteiger partial charge in [0.05, 0.1) is 25.0 Å². The zero-order chi connectivity index (χ0) is 21.3. The molecule has 1 aromatic carbocycles. The number of nitrogens with zero attached hydrogens (tertiary/aromatic N) is 1. The van der Waals surface area contributed by atoms with Gasteiger partial charge in [-0.3, -0.25) is 9.69 Å². The van der Waals surface area contributed by atoms with E-state index in [4.69, 9.17) is 16.3 Å². The van der Waals surface area contributed by atoms with E-state index >= 15 is 0 Å². The Hall–Kier alpha value is -0.840. The summed E-state index contributed by atoms with van der Waals surface area (Å²) in [6, 6.07) is 6.69. The first kappa shape index (κ1) is 24.4. The van der Waals surface area contributed by atoms with Crippen LogP contribution in [0.2, 0.25) is 5.02 Å². The molecule has 2 rings (SSSR count). The molecule has 0 bridgehead atoms. The number of hydrogen-bond acceptors (Lipinski definition) is 6. The summed E-state index contributed by atoms with van der Waals surface area (Å²) in [5, 5.41) is 3.59. The van der Waals surface area contributed by atoms with Gasteiger partial charge in [-0.2, -0.15) is 11.8 Å². The van der Waals surface area contributed by atoms with Crippen LogP contribution in [0.4, 0.5) is 0 Å². The summed E-state index contributed by atoms with van der Waals surface area (Å²) in [4.78, 5) is 15.1. The Morgan fingerprint density at radius 1 is 1.31 bits per heavy atom. The molecule has 1 fully saturated rings. The molecule has 2 atom stereocenters. The maximum Gasteiger partial charge on any atom is 0.238 e. The van der Waals surface area contributed by atoms with Gasteiger partial charge in [0.25, 0.3) is 0 Å². The second-order valence-corrected chi connectivity index (χ2v) is 10.2. The number of nitrogens with one attached hydrogen (secondary N) is 2. The highest BCUT2D eigenvalue weighted by molar-refractivity contribution is 7.98. The predicted octanol–water partition coefficient (Wildman–Crippen LogP) is 1.89. The van der Waals surface area contributed by atoms with Crippen molar-refractivity contribution in [3.8, 4) is 0 Å². The number of thioether (sulfide) groups is 1. The molecule has 164 valence electrons. The van der Waals surface area contributed by atoms with Crippen LogP contribution in [0.3, 0.4) is 0 Å². The number of rotatable bonds is 11. The summed E-state index contributed by atoms with van der Waals surface area (Å²) in [6.07, 6.45) is 2.36. The molecule has 0 saturated carbocycles. The zero-order valence-corrected chi connectivity index (χ0v) is 19.3. The fraction of sp³-hybridized carbons (Fsp3) is 0.632. The predicted molar refractivity (Wildman–Crippen MR) is 119 cm³/mol. The Labute approximate surface area is 182 Å². The lowest BCUT2D eigenvalue weighted by Crippen LogP contribution is -2.50. The summed E-state index contributed by atoms with van der Waals surface area (Å²) in [6.45, 7) is 4.63. The van der Waals surface area contributed by atoms with E-state index in [-0.39, 0.29) is 17.7 Å². The van der Waals surface area contributed by atoms with Crippen LogP contribution in [0, 0.1) is 0 Å². The van der Waals surface area contributed by atoms with Crippen LogP contribution in [0.15, 0.2) is 24.3 Å². The van der Waals surface area contributed by atoms with E-state index in [1.165, 1.54) is 0 Å². The Bertz CT molecular complexity index is 758. The normalized spacial score (nSPS) is 17.6.